The van der Waals surface area contributed by atoms with Gasteiger partial charge in [0.25, 0.3) is 5.91 Å². The molecule has 0 aliphatic carbocycles. The Labute approximate surface area is 132 Å². The van der Waals surface area contributed by atoms with Crippen molar-refractivity contribution < 1.29 is 4.79 Å². The molecule has 2 rings (SSSR count). The Hall–Kier alpha value is -1.22. The van der Waals surface area contributed by atoms with Crippen molar-refractivity contribution in [3.8, 4) is 0 Å². The van der Waals surface area contributed by atoms with Gasteiger partial charge in [-0.1, -0.05) is 31.4 Å². The average molecular weight is 309 g/mol. The highest BCUT2D eigenvalue weighted by molar-refractivity contribution is 6.31. The second-order valence-electron chi connectivity index (χ2n) is 5.63. The van der Waals surface area contributed by atoms with Crippen LogP contribution in [0.4, 0.5) is 5.69 Å². The zero-order valence-corrected chi connectivity index (χ0v) is 13.7. The van der Waals surface area contributed by atoms with E-state index in [4.69, 9.17) is 11.6 Å². The second-order valence-corrected chi connectivity index (χ2v) is 6.07. The summed E-state index contributed by atoms with van der Waals surface area (Å²) < 4.78 is 0. The van der Waals surface area contributed by atoms with Gasteiger partial charge >= 0.3 is 0 Å². The number of halogens is 1. The average Bonchev–Trinajstić information content (AvgIpc) is 2.73. The van der Waals surface area contributed by atoms with Gasteiger partial charge in [-0.15, -0.1) is 0 Å². The minimum absolute atomic E-state index is 0.113. The van der Waals surface area contributed by atoms with Gasteiger partial charge in [-0.2, -0.15) is 0 Å². The summed E-state index contributed by atoms with van der Waals surface area (Å²) in [4.78, 5) is 15.1. The largest absolute Gasteiger partial charge is 0.385 e. The van der Waals surface area contributed by atoms with Gasteiger partial charge in [0, 0.05) is 29.8 Å². The van der Waals surface area contributed by atoms with E-state index in [0.29, 0.717) is 16.6 Å². The zero-order valence-electron chi connectivity index (χ0n) is 13.0. The first-order valence-corrected chi connectivity index (χ1v) is 8.39. The molecule has 1 atom stereocenters. The number of carbonyl (C=O) groups is 1. The molecule has 0 bridgehead atoms. The van der Waals surface area contributed by atoms with Gasteiger partial charge in [-0.25, -0.2) is 0 Å². The van der Waals surface area contributed by atoms with Crippen LogP contribution in [-0.2, 0) is 0 Å². The highest BCUT2D eigenvalue weighted by Gasteiger charge is 2.26. The van der Waals surface area contributed by atoms with Crippen LogP contribution in [0.15, 0.2) is 18.2 Å². The number of hydrogen-bond donors (Lipinski definition) is 1. The van der Waals surface area contributed by atoms with E-state index in [2.05, 4.69) is 17.1 Å². The molecule has 1 saturated heterocycles. The molecule has 1 unspecified atom stereocenters. The number of rotatable bonds is 4. The fourth-order valence-corrected chi connectivity index (χ4v) is 3.23. The topological polar surface area (TPSA) is 32.3 Å². The summed E-state index contributed by atoms with van der Waals surface area (Å²) in [5.41, 5.74) is 1.58. The van der Waals surface area contributed by atoms with Crippen LogP contribution in [0.3, 0.4) is 0 Å². The number of nitrogens with one attached hydrogen (secondary N) is 1. The van der Waals surface area contributed by atoms with Gasteiger partial charge in [0.1, 0.15) is 0 Å². The lowest BCUT2D eigenvalue weighted by Gasteiger charge is -2.30. The summed E-state index contributed by atoms with van der Waals surface area (Å²) >= 11 is 6.10. The lowest BCUT2D eigenvalue weighted by atomic mass is 10.1. The number of nitrogens with zero attached hydrogens (tertiary/aromatic N) is 1. The van der Waals surface area contributed by atoms with Gasteiger partial charge in [-0.3, -0.25) is 4.79 Å². The third-order valence-electron chi connectivity index (χ3n) is 4.19. The second kappa shape index (κ2) is 7.69. The van der Waals surface area contributed by atoms with E-state index in [1.807, 2.05) is 19.1 Å². The summed E-state index contributed by atoms with van der Waals surface area (Å²) in [6.07, 6.45) is 5.66. The van der Waals surface area contributed by atoms with Gasteiger partial charge in [-0.05, 0) is 44.4 Å². The normalized spacial score (nSPS) is 19.2. The molecule has 21 heavy (non-hydrogen) atoms. The minimum Gasteiger partial charge on any atom is -0.385 e. The molecule has 1 aromatic rings. The highest BCUT2D eigenvalue weighted by atomic mass is 35.5. The predicted octanol–water partition coefficient (Wildman–Crippen LogP) is 4.57. The van der Waals surface area contributed by atoms with Crippen molar-refractivity contribution in [3.63, 3.8) is 0 Å². The Morgan fingerprint density at radius 1 is 1.33 bits per heavy atom. The molecule has 1 N–H and O–H groups in total. The first-order valence-electron chi connectivity index (χ1n) is 8.01. The molecule has 0 spiro atoms. The molecule has 0 saturated carbocycles. The molecule has 0 radical (unpaired) electrons. The first-order chi connectivity index (χ1) is 10.2. The summed E-state index contributed by atoms with van der Waals surface area (Å²) in [6.45, 7) is 5.84. The van der Waals surface area contributed by atoms with E-state index in [9.17, 15) is 4.79 Å². The lowest BCUT2D eigenvalue weighted by molar-refractivity contribution is 0.0679. The SMILES string of the molecule is CCNc1ccc(Cl)cc1C(=O)N1CCCCCC1CC. The fourth-order valence-electron chi connectivity index (χ4n) is 3.06. The van der Waals surface area contributed by atoms with Crippen molar-refractivity contribution in [1.29, 1.82) is 0 Å². The van der Waals surface area contributed by atoms with Crippen molar-refractivity contribution in [1.82, 2.24) is 4.90 Å². The quantitative estimate of drug-likeness (QED) is 0.884. The van der Waals surface area contributed by atoms with Crippen molar-refractivity contribution >= 4 is 23.2 Å². The smallest absolute Gasteiger partial charge is 0.256 e. The van der Waals surface area contributed by atoms with E-state index in [-0.39, 0.29) is 5.91 Å². The van der Waals surface area contributed by atoms with Gasteiger partial charge < -0.3 is 10.2 Å². The van der Waals surface area contributed by atoms with Crippen LogP contribution in [0, 0.1) is 0 Å². The standard InChI is InChI=1S/C17H25ClN2O/c1-3-14-8-6-5-7-11-20(14)17(21)15-12-13(18)9-10-16(15)19-4-2/h9-10,12,14,19H,3-8,11H2,1-2H3. The van der Waals surface area contributed by atoms with Crippen molar-refractivity contribution in [3.05, 3.63) is 28.8 Å². The molecular formula is C17H25ClN2O. The van der Waals surface area contributed by atoms with Crippen LogP contribution < -0.4 is 5.32 Å². The van der Waals surface area contributed by atoms with Crippen LogP contribution in [0.1, 0.15) is 56.3 Å². The monoisotopic (exact) mass is 308 g/mol. The Kier molecular flexibility index (Phi) is 5.92. The Morgan fingerprint density at radius 3 is 2.86 bits per heavy atom. The summed E-state index contributed by atoms with van der Waals surface area (Å²) in [7, 11) is 0. The Morgan fingerprint density at radius 2 is 2.14 bits per heavy atom. The summed E-state index contributed by atoms with van der Waals surface area (Å²) in [5.74, 6) is 0.113. The fraction of sp³-hybridized carbons (Fsp3) is 0.588. The van der Waals surface area contributed by atoms with Crippen molar-refractivity contribution in [2.24, 2.45) is 0 Å². The lowest BCUT2D eigenvalue weighted by Crippen LogP contribution is -2.40. The zero-order chi connectivity index (χ0) is 15.2. The maximum Gasteiger partial charge on any atom is 0.256 e. The molecular weight excluding hydrogens is 284 g/mol. The molecule has 116 valence electrons. The number of amides is 1. The number of anilines is 1. The number of likely N-dealkylation sites (tertiary alicyclic amines) is 1. The summed E-state index contributed by atoms with van der Waals surface area (Å²) in [5, 5.41) is 3.88. The molecule has 0 aromatic heterocycles. The molecule has 1 heterocycles. The molecule has 1 aliphatic rings. The van der Waals surface area contributed by atoms with Crippen LogP contribution in [0.2, 0.25) is 5.02 Å². The Bertz CT molecular complexity index is 490. The molecule has 4 heteroatoms. The first kappa shape index (κ1) is 16.2. The maximum atomic E-state index is 13.0. The number of carbonyl (C=O) groups excluding carboxylic acids is 1. The van der Waals surface area contributed by atoms with E-state index in [1.165, 1.54) is 12.8 Å². The van der Waals surface area contributed by atoms with Crippen LogP contribution >= 0.6 is 11.6 Å². The van der Waals surface area contributed by atoms with Crippen LogP contribution in [0.5, 0.6) is 0 Å². The molecule has 1 aromatic carbocycles. The third kappa shape index (κ3) is 3.91. The van der Waals surface area contributed by atoms with Gasteiger partial charge in [0.05, 0.1) is 5.56 Å². The number of benzene rings is 1. The maximum absolute atomic E-state index is 13.0. The predicted molar refractivity (Wildman–Crippen MR) is 89.2 cm³/mol. The molecule has 1 aliphatic heterocycles. The van der Waals surface area contributed by atoms with Gasteiger partial charge in [0.2, 0.25) is 0 Å². The molecule has 1 amide bonds. The van der Waals surface area contributed by atoms with E-state index in [1.54, 1.807) is 6.07 Å². The van der Waals surface area contributed by atoms with E-state index in [0.717, 1.165) is 38.0 Å². The Balaban J connectivity index is 2.30. The molecule has 1 fully saturated rings. The van der Waals surface area contributed by atoms with E-state index < -0.39 is 0 Å². The van der Waals surface area contributed by atoms with Crippen molar-refractivity contribution in [2.45, 2.75) is 52.0 Å². The summed E-state index contributed by atoms with van der Waals surface area (Å²) in [6, 6.07) is 5.88. The van der Waals surface area contributed by atoms with E-state index >= 15 is 0 Å². The number of hydrogen-bond acceptors (Lipinski definition) is 2. The van der Waals surface area contributed by atoms with Crippen molar-refractivity contribution in [2.75, 3.05) is 18.4 Å². The highest BCUT2D eigenvalue weighted by Crippen LogP contribution is 2.26. The molecule has 3 nitrogen and oxygen atoms in total. The van der Waals surface area contributed by atoms with Crippen LogP contribution in [-0.4, -0.2) is 29.9 Å². The van der Waals surface area contributed by atoms with Gasteiger partial charge in [0.15, 0.2) is 0 Å². The third-order valence-corrected chi connectivity index (χ3v) is 4.42. The minimum atomic E-state index is 0.113. The van der Waals surface area contributed by atoms with Crippen LogP contribution in [0.25, 0.3) is 0 Å².